The first kappa shape index (κ1) is 15.7. The van der Waals surface area contributed by atoms with Crippen molar-refractivity contribution < 1.29 is 30.0 Å². The molecule has 0 amide bonds. The Hall–Kier alpha value is -2.73. The van der Waals surface area contributed by atoms with Gasteiger partial charge in [-0.15, -0.1) is 0 Å². The van der Waals surface area contributed by atoms with Crippen LogP contribution in [-0.2, 0) is 6.42 Å². The first-order chi connectivity index (χ1) is 10.4. The van der Waals surface area contributed by atoms with Crippen LogP contribution in [0.3, 0.4) is 0 Å². The quantitative estimate of drug-likeness (QED) is 0.625. The number of carbonyl (C=O) groups is 1. The molecule has 0 radical (unpaired) electrons. The minimum atomic E-state index is -1.39. The van der Waals surface area contributed by atoms with Crippen LogP contribution in [0.1, 0.15) is 15.9 Å². The summed E-state index contributed by atoms with van der Waals surface area (Å²) in [5.41, 5.74) is 0.461. The fraction of sp³-hybridized carbons (Fsp3) is 0.188. The molecule has 6 heteroatoms. The van der Waals surface area contributed by atoms with Crippen molar-refractivity contribution in [2.45, 2.75) is 12.5 Å². The number of benzene rings is 2. The van der Waals surface area contributed by atoms with Gasteiger partial charge in [-0.1, -0.05) is 12.1 Å². The second-order valence-corrected chi connectivity index (χ2v) is 4.79. The fourth-order valence-electron chi connectivity index (χ4n) is 2.11. The number of hydrogen-bond acceptors (Lipinski definition) is 6. The number of aromatic hydroxyl groups is 3. The number of Topliss-reactive ketones (excluding diaryl/α,β-unsaturated/α-hetero) is 1. The van der Waals surface area contributed by atoms with E-state index in [1.54, 1.807) is 12.1 Å². The summed E-state index contributed by atoms with van der Waals surface area (Å²) in [5.74, 6) is -1.37. The van der Waals surface area contributed by atoms with E-state index >= 15 is 0 Å². The summed E-state index contributed by atoms with van der Waals surface area (Å²) in [6, 6.07) is 8.25. The molecule has 0 bridgehead atoms. The standard InChI is InChI=1S/C16H16O6/c1-22-14-8-11(18)7-12(19)15(14)16(21)13(20)6-9-2-4-10(17)5-3-9/h2-5,7-8,13,17-20H,6H2,1H3. The van der Waals surface area contributed by atoms with Crippen molar-refractivity contribution in [1.29, 1.82) is 0 Å². The van der Waals surface area contributed by atoms with Gasteiger partial charge in [0.05, 0.1) is 7.11 Å². The molecule has 0 heterocycles. The Labute approximate surface area is 126 Å². The van der Waals surface area contributed by atoms with E-state index < -0.39 is 17.6 Å². The number of hydrogen-bond donors (Lipinski definition) is 4. The molecule has 0 spiro atoms. The van der Waals surface area contributed by atoms with Crippen LogP contribution in [0.5, 0.6) is 23.0 Å². The molecule has 2 aromatic carbocycles. The van der Waals surface area contributed by atoms with Crippen molar-refractivity contribution >= 4 is 5.78 Å². The van der Waals surface area contributed by atoms with E-state index in [4.69, 9.17) is 4.74 Å². The molecular formula is C16H16O6. The maximum Gasteiger partial charge on any atom is 0.199 e. The first-order valence-corrected chi connectivity index (χ1v) is 6.52. The number of phenols is 3. The number of ether oxygens (including phenoxy) is 1. The summed E-state index contributed by atoms with van der Waals surface area (Å²) in [6.07, 6.45) is -1.38. The number of phenolic OH excluding ortho intramolecular Hbond substituents is 3. The normalized spacial score (nSPS) is 11.9. The Balaban J connectivity index is 2.25. The van der Waals surface area contributed by atoms with Gasteiger partial charge in [0.1, 0.15) is 34.7 Å². The number of carbonyl (C=O) groups excluding carboxylic acids is 1. The first-order valence-electron chi connectivity index (χ1n) is 6.52. The third kappa shape index (κ3) is 3.29. The Bertz CT molecular complexity index is 678. The molecule has 116 valence electrons. The molecule has 0 aliphatic rings. The van der Waals surface area contributed by atoms with Gasteiger partial charge >= 0.3 is 0 Å². The Morgan fingerprint density at radius 2 is 1.73 bits per heavy atom. The van der Waals surface area contributed by atoms with Crippen LogP contribution in [0.25, 0.3) is 0 Å². The molecule has 2 aromatic rings. The van der Waals surface area contributed by atoms with E-state index in [0.29, 0.717) is 5.56 Å². The minimum absolute atomic E-state index is 0.0165. The molecule has 0 aromatic heterocycles. The summed E-state index contributed by atoms with van der Waals surface area (Å²) >= 11 is 0. The zero-order valence-corrected chi connectivity index (χ0v) is 11.9. The van der Waals surface area contributed by atoms with E-state index in [9.17, 15) is 25.2 Å². The SMILES string of the molecule is COc1cc(O)cc(O)c1C(=O)C(O)Cc1ccc(O)cc1. The zero-order valence-electron chi connectivity index (χ0n) is 11.9. The topological polar surface area (TPSA) is 107 Å². The highest BCUT2D eigenvalue weighted by Crippen LogP contribution is 2.33. The van der Waals surface area contributed by atoms with Crippen LogP contribution in [0.2, 0.25) is 0 Å². The average Bonchev–Trinajstić information content (AvgIpc) is 2.48. The van der Waals surface area contributed by atoms with Gasteiger partial charge < -0.3 is 25.2 Å². The second kappa shape index (κ2) is 6.36. The van der Waals surface area contributed by atoms with Crippen LogP contribution in [0, 0.1) is 0 Å². The summed E-state index contributed by atoms with van der Waals surface area (Å²) in [6.45, 7) is 0. The van der Waals surface area contributed by atoms with Crippen LogP contribution in [0.4, 0.5) is 0 Å². The molecule has 0 fully saturated rings. The van der Waals surface area contributed by atoms with Crippen molar-refractivity contribution in [2.75, 3.05) is 7.11 Å². The van der Waals surface area contributed by atoms with Crippen LogP contribution in [0.15, 0.2) is 36.4 Å². The van der Waals surface area contributed by atoms with Crippen LogP contribution in [-0.4, -0.2) is 39.4 Å². The van der Waals surface area contributed by atoms with Crippen molar-refractivity contribution in [3.8, 4) is 23.0 Å². The lowest BCUT2D eigenvalue weighted by Crippen LogP contribution is -2.23. The van der Waals surface area contributed by atoms with E-state index in [-0.39, 0.29) is 29.2 Å². The summed E-state index contributed by atoms with van der Waals surface area (Å²) < 4.78 is 4.96. The Kier molecular flexibility index (Phi) is 4.53. The van der Waals surface area contributed by atoms with Crippen LogP contribution >= 0.6 is 0 Å². The van der Waals surface area contributed by atoms with Gasteiger partial charge in [-0.2, -0.15) is 0 Å². The maximum atomic E-state index is 12.3. The third-order valence-corrected chi connectivity index (χ3v) is 3.20. The predicted octanol–water partition coefficient (Wildman–Crippen LogP) is 1.60. The molecule has 0 aliphatic carbocycles. The number of methoxy groups -OCH3 is 1. The molecule has 6 nitrogen and oxygen atoms in total. The molecule has 1 atom stereocenters. The number of ketones is 1. The number of aliphatic hydroxyl groups excluding tert-OH is 1. The fourth-order valence-corrected chi connectivity index (χ4v) is 2.11. The van der Waals surface area contributed by atoms with Crippen molar-refractivity contribution in [2.24, 2.45) is 0 Å². The Morgan fingerprint density at radius 1 is 1.09 bits per heavy atom. The van der Waals surface area contributed by atoms with Crippen molar-refractivity contribution in [3.05, 3.63) is 47.5 Å². The number of rotatable bonds is 5. The van der Waals surface area contributed by atoms with Gasteiger partial charge in [0, 0.05) is 18.6 Å². The van der Waals surface area contributed by atoms with Crippen LogP contribution < -0.4 is 4.74 Å². The lowest BCUT2D eigenvalue weighted by molar-refractivity contribution is 0.0741. The van der Waals surface area contributed by atoms with E-state index in [1.807, 2.05) is 0 Å². The molecule has 2 rings (SSSR count). The lowest BCUT2D eigenvalue weighted by atomic mass is 9.98. The minimum Gasteiger partial charge on any atom is -0.508 e. The highest BCUT2D eigenvalue weighted by molar-refractivity contribution is 6.04. The van der Waals surface area contributed by atoms with E-state index in [2.05, 4.69) is 0 Å². The third-order valence-electron chi connectivity index (χ3n) is 3.20. The molecule has 1 unspecified atom stereocenters. The second-order valence-electron chi connectivity index (χ2n) is 4.79. The Morgan fingerprint density at radius 3 is 2.32 bits per heavy atom. The highest BCUT2D eigenvalue weighted by Gasteiger charge is 2.25. The highest BCUT2D eigenvalue weighted by atomic mass is 16.5. The van der Waals surface area contributed by atoms with Gasteiger partial charge in [-0.25, -0.2) is 0 Å². The van der Waals surface area contributed by atoms with Gasteiger partial charge in [-0.05, 0) is 17.7 Å². The molecule has 0 aliphatic heterocycles. The largest absolute Gasteiger partial charge is 0.508 e. The number of aliphatic hydroxyl groups is 1. The van der Waals surface area contributed by atoms with E-state index in [1.165, 1.54) is 25.3 Å². The summed E-state index contributed by atoms with van der Waals surface area (Å²) in [4.78, 5) is 12.3. The molecule has 0 saturated heterocycles. The monoisotopic (exact) mass is 304 g/mol. The zero-order chi connectivity index (χ0) is 16.3. The van der Waals surface area contributed by atoms with Gasteiger partial charge in [0.25, 0.3) is 0 Å². The average molecular weight is 304 g/mol. The molecule has 4 N–H and O–H groups in total. The maximum absolute atomic E-state index is 12.3. The lowest BCUT2D eigenvalue weighted by Gasteiger charge is -2.14. The van der Waals surface area contributed by atoms with Gasteiger partial charge in [0.2, 0.25) is 0 Å². The summed E-state index contributed by atoms with van der Waals surface area (Å²) in [7, 11) is 1.29. The summed E-state index contributed by atoms with van der Waals surface area (Å²) in [5, 5.41) is 38.5. The van der Waals surface area contributed by atoms with Crippen molar-refractivity contribution in [1.82, 2.24) is 0 Å². The predicted molar refractivity (Wildman–Crippen MR) is 78.5 cm³/mol. The van der Waals surface area contributed by atoms with Crippen molar-refractivity contribution in [3.63, 3.8) is 0 Å². The van der Waals surface area contributed by atoms with Gasteiger partial charge in [0.15, 0.2) is 5.78 Å². The smallest absolute Gasteiger partial charge is 0.199 e. The van der Waals surface area contributed by atoms with Gasteiger partial charge in [-0.3, -0.25) is 4.79 Å². The van der Waals surface area contributed by atoms with E-state index in [0.717, 1.165) is 6.07 Å². The molecule has 22 heavy (non-hydrogen) atoms. The molecule has 0 saturated carbocycles. The molecular weight excluding hydrogens is 288 g/mol.